The van der Waals surface area contributed by atoms with Gasteiger partial charge in [0.1, 0.15) is 0 Å². The van der Waals surface area contributed by atoms with E-state index in [9.17, 15) is 14.7 Å². The van der Waals surface area contributed by atoms with Crippen LogP contribution >= 0.6 is 0 Å². The van der Waals surface area contributed by atoms with Gasteiger partial charge in [-0.3, -0.25) is 4.79 Å². The first kappa shape index (κ1) is 15.6. The summed E-state index contributed by atoms with van der Waals surface area (Å²) in [5.41, 5.74) is -0.774. The Labute approximate surface area is 123 Å². The number of aliphatic hydroxyl groups is 1. The van der Waals surface area contributed by atoms with Gasteiger partial charge in [0.05, 0.1) is 25.9 Å². The van der Waals surface area contributed by atoms with E-state index >= 15 is 0 Å². The number of aromatic nitrogens is 1. The summed E-state index contributed by atoms with van der Waals surface area (Å²) >= 11 is 0. The fraction of sp³-hybridized carbons (Fsp3) is 0.600. The Morgan fingerprint density at radius 1 is 1.48 bits per heavy atom. The molecule has 1 aliphatic rings. The molecule has 1 aromatic heterocycles. The molecular weight excluding hydrogens is 274 g/mol. The number of hydrogen-bond donors (Lipinski definition) is 1. The molecule has 0 unspecified atom stereocenters. The normalized spacial score (nSPS) is 15.6. The Morgan fingerprint density at radius 3 is 2.71 bits per heavy atom. The van der Waals surface area contributed by atoms with Gasteiger partial charge < -0.3 is 19.1 Å². The molecule has 1 aromatic rings. The Hall–Kier alpha value is -1.82. The molecule has 1 aliphatic carbocycles. The molecule has 116 valence electrons. The van der Waals surface area contributed by atoms with Gasteiger partial charge in [0.2, 0.25) is 5.43 Å². The molecule has 0 amide bonds. The summed E-state index contributed by atoms with van der Waals surface area (Å²) in [6.07, 6.45) is 4.76. The van der Waals surface area contributed by atoms with E-state index in [0.717, 1.165) is 25.7 Å². The van der Waals surface area contributed by atoms with Crippen LogP contribution in [0.2, 0.25) is 0 Å². The van der Waals surface area contributed by atoms with Crippen molar-refractivity contribution in [1.82, 2.24) is 4.57 Å². The van der Waals surface area contributed by atoms with Crippen LogP contribution < -0.4 is 10.2 Å². The number of methoxy groups -OCH3 is 1. The van der Waals surface area contributed by atoms with Crippen LogP contribution in [0.4, 0.5) is 0 Å². The number of hydrogen-bond acceptors (Lipinski definition) is 5. The second kappa shape index (κ2) is 6.30. The lowest BCUT2D eigenvalue weighted by Gasteiger charge is -2.22. The first-order valence-corrected chi connectivity index (χ1v) is 7.17. The molecule has 1 heterocycles. The maximum atomic E-state index is 12.1. The average Bonchev–Trinajstić information content (AvgIpc) is 3.29. The molecule has 0 spiro atoms. The van der Waals surface area contributed by atoms with Crippen LogP contribution in [0.3, 0.4) is 0 Å². The molecule has 0 saturated heterocycles. The first-order chi connectivity index (χ1) is 10.1. The fourth-order valence-corrected chi connectivity index (χ4v) is 2.28. The zero-order valence-electron chi connectivity index (χ0n) is 12.4. The van der Waals surface area contributed by atoms with Crippen LogP contribution in [-0.4, -0.2) is 36.0 Å². The summed E-state index contributed by atoms with van der Waals surface area (Å²) in [4.78, 5) is 24.1. The second-order valence-electron chi connectivity index (χ2n) is 5.30. The van der Waals surface area contributed by atoms with E-state index in [1.165, 1.54) is 19.4 Å². The summed E-state index contributed by atoms with van der Waals surface area (Å²) in [6.45, 7) is 2.29. The molecule has 2 rings (SSSR count). The molecule has 1 N–H and O–H groups in total. The highest BCUT2D eigenvalue weighted by atomic mass is 16.5. The number of rotatable bonds is 7. The van der Waals surface area contributed by atoms with E-state index in [-0.39, 0.29) is 23.5 Å². The van der Waals surface area contributed by atoms with Crippen molar-refractivity contribution in [3.63, 3.8) is 0 Å². The van der Waals surface area contributed by atoms with Crippen molar-refractivity contribution in [3.8, 4) is 5.75 Å². The third-order valence-electron chi connectivity index (χ3n) is 3.81. The lowest BCUT2D eigenvalue weighted by Crippen LogP contribution is -2.30. The Kier molecular flexibility index (Phi) is 4.67. The highest BCUT2D eigenvalue weighted by Gasteiger charge is 2.46. The number of unbranched alkanes of at least 4 members (excludes halogenated alkanes) is 1. The average molecular weight is 295 g/mol. The smallest absolute Gasteiger partial charge is 0.358 e. The van der Waals surface area contributed by atoms with E-state index in [0.29, 0.717) is 6.61 Å². The number of carbonyl (C=O) groups is 1. The predicted molar refractivity (Wildman–Crippen MR) is 76.7 cm³/mol. The topological polar surface area (TPSA) is 77.8 Å². The molecule has 1 fully saturated rings. The lowest BCUT2D eigenvalue weighted by molar-refractivity contribution is 0.0572. The van der Waals surface area contributed by atoms with Crippen LogP contribution in [0.1, 0.15) is 43.1 Å². The predicted octanol–water partition coefficient (Wildman–Crippen LogP) is 1.30. The van der Waals surface area contributed by atoms with E-state index in [1.54, 1.807) is 4.57 Å². The highest BCUT2D eigenvalue weighted by molar-refractivity contribution is 5.90. The molecule has 6 nitrogen and oxygen atoms in total. The molecule has 6 heteroatoms. The minimum absolute atomic E-state index is 0.0116. The van der Waals surface area contributed by atoms with Crippen LogP contribution in [0.25, 0.3) is 0 Å². The number of aliphatic hydroxyl groups excluding tert-OH is 1. The van der Waals surface area contributed by atoms with E-state index in [4.69, 9.17) is 9.47 Å². The van der Waals surface area contributed by atoms with Gasteiger partial charge in [-0.25, -0.2) is 4.79 Å². The van der Waals surface area contributed by atoms with Gasteiger partial charge in [0.25, 0.3) is 0 Å². The van der Waals surface area contributed by atoms with Gasteiger partial charge in [0, 0.05) is 12.3 Å². The highest BCUT2D eigenvalue weighted by Crippen LogP contribution is 2.44. The summed E-state index contributed by atoms with van der Waals surface area (Å²) in [6, 6.07) is 1.36. The van der Waals surface area contributed by atoms with Gasteiger partial charge in [-0.05, 0) is 19.3 Å². The molecule has 0 atom stereocenters. The monoisotopic (exact) mass is 295 g/mol. The van der Waals surface area contributed by atoms with Crippen molar-refractivity contribution < 1.29 is 19.4 Å². The number of ether oxygens (including phenoxy) is 2. The SMILES string of the molecule is CCCCOc1c(C(=O)OC)n(C2(CO)CC2)ccc1=O. The van der Waals surface area contributed by atoms with Crippen molar-refractivity contribution in [2.24, 2.45) is 0 Å². The molecule has 0 aromatic carbocycles. The third-order valence-corrected chi connectivity index (χ3v) is 3.81. The third kappa shape index (κ3) is 2.95. The quantitative estimate of drug-likeness (QED) is 0.606. The number of carbonyl (C=O) groups excluding carboxylic acids is 1. The maximum absolute atomic E-state index is 12.1. The fourth-order valence-electron chi connectivity index (χ4n) is 2.28. The van der Waals surface area contributed by atoms with Gasteiger partial charge in [-0.1, -0.05) is 13.3 Å². The number of esters is 1. The Morgan fingerprint density at radius 2 is 2.19 bits per heavy atom. The second-order valence-corrected chi connectivity index (χ2v) is 5.30. The molecule has 1 saturated carbocycles. The van der Waals surface area contributed by atoms with Crippen molar-refractivity contribution in [2.75, 3.05) is 20.3 Å². The van der Waals surface area contributed by atoms with Crippen LogP contribution in [0.5, 0.6) is 5.75 Å². The van der Waals surface area contributed by atoms with E-state index < -0.39 is 11.5 Å². The molecule has 0 aliphatic heterocycles. The van der Waals surface area contributed by atoms with Crippen molar-refractivity contribution in [3.05, 3.63) is 28.2 Å². The lowest BCUT2D eigenvalue weighted by atomic mass is 10.2. The van der Waals surface area contributed by atoms with Gasteiger partial charge >= 0.3 is 5.97 Å². The summed E-state index contributed by atoms with van der Waals surface area (Å²) in [5, 5.41) is 9.57. The summed E-state index contributed by atoms with van der Waals surface area (Å²) in [5.74, 6) is -0.614. The standard InChI is InChI=1S/C15H21NO5/c1-3-4-9-21-13-11(18)5-8-16(12(13)14(19)20-2)15(10-17)6-7-15/h5,8,17H,3-4,6-7,9-10H2,1-2H3. The molecule has 0 radical (unpaired) electrons. The van der Waals surface area contributed by atoms with Gasteiger partial charge in [0.15, 0.2) is 11.4 Å². The molecule has 0 bridgehead atoms. The molecule has 21 heavy (non-hydrogen) atoms. The number of pyridine rings is 1. The zero-order chi connectivity index (χ0) is 15.5. The Bertz CT molecular complexity index is 574. The van der Waals surface area contributed by atoms with Crippen LogP contribution in [0, 0.1) is 0 Å². The van der Waals surface area contributed by atoms with E-state index in [2.05, 4.69) is 0 Å². The van der Waals surface area contributed by atoms with Crippen molar-refractivity contribution in [2.45, 2.75) is 38.1 Å². The first-order valence-electron chi connectivity index (χ1n) is 7.17. The van der Waals surface area contributed by atoms with Crippen LogP contribution in [0.15, 0.2) is 17.1 Å². The number of nitrogens with zero attached hydrogens (tertiary/aromatic N) is 1. The van der Waals surface area contributed by atoms with Crippen molar-refractivity contribution in [1.29, 1.82) is 0 Å². The van der Waals surface area contributed by atoms with Gasteiger partial charge in [-0.15, -0.1) is 0 Å². The largest absolute Gasteiger partial charge is 0.487 e. The van der Waals surface area contributed by atoms with Crippen LogP contribution in [-0.2, 0) is 10.3 Å². The minimum atomic E-state index is -0.626. The minimum Gasteiger partial charge on any atom is -0.487 e. The van der Waals surface area contributed by atoms with Crippen molar-refractivity contribution >= 4 is 5.97 Å². The maximum Gasteiger partial charge on any atom is 0.358 e. The summed E-state index contributed by atoms with van der Waals surface area (Å²) < 4.78 is 11.9. The van der Waals surface area contributed by atoms with E-state index in [1.807, 2.05) is 6.92 Å². The summed E-state index contributed by atoms with van der Waals surface area (Å²) in [7, 11) is 1.26. The molecular formula is C15H21NO5. The zero-order valence-corrected chi connectivity index (χ0v) is 12.4. The van der Waals surface area contributed by atoms with Gasteiger partial charge in [-0.2, -0.15) is 0 Å². The Balaban J connectivity index is 2.49.